The fraction of sp³-hybridized carbons (Fsp3) is 0.235. The number of benzene rings is 2. The Labute approximate surface area is 154 Å². The molecule has 0 saturated carbocycles. The third-order valence-electron chi connectivity index (χ3n) is 3.40. The van der Waals surface area contributed by atoms with Crippen LogP contribution < -0.4 is 4.90 Å². The number of rotatable bonds is 4. The van der Waals surface area contributed by atoms with E-state index in [1.54, 1.807) is 24.3 Å². The summed E-state index contributed by atoms with van der Waals surface area (Å²) in [5.74, 6) is 0. The van der Waals surface area contributed by atoms with Gasteiger partial charge in [0.05, 0.1) is 12.1 Å². The molecule has 2 rings (SSSR count). The molecular formula is C17H11BrF6N2. The van der Waals surface area contributed by atoms with Crippen molar-refractivity contribution in [1.82, 2.24) is 0 Å². The molecule has 2 aromatic rings. The van der Waals surface area contributed by atoms with Gasteiger partial charge in [-0.3, -0.25) is 0 Å². The highest BCUT2D eigenvalue weighted by molar-refractivity contribution is 9.10. The molecule has 26 heavy (non-hydrogen) atoms. The molecule has 138 valence electrons. The van der Waals surface area contributed by atoms with Crippen molar-refractivity contribution in [2.24, 2.45) is 0 Å². The first-order valence-electron chi connectivity index (χ1n) is 7.14. The normalized spacial score (nSPS) is 11.9. The van der Waals surface area contributed by atoms with Crippen molar-refractivity contribution in [3.8, 4) is 0 Å². The van der Waals surface area contributed by atoms with Crippen LogP contribution in [0, 0.1) is 6.57 Å². The van der Waals surface area contributed by atoms with Crippen molar-refractivity contribution in [3.63, 3.8) is 0 Å². The predicted molar refractivity (Wildman–Crippen MR) is 89.0 cm³/mol. The molecule has 0 atom stereocenters. The molecule has 2 nitrogen and oxygen atoms in total. The lowest BCUT2D eigenvalue weighted by atomic mass is 10.1. The molecule has 0 N–H and O–H groups in total. The Morgan fingerprint density at radius 1 is 1.00 bits per heavy atom. The third kappa shape index (κ3) is 5.39. The first kappa shape index (κ1) is 20.1. The van der Waals surface area contributed by atoms with E-state index in [0.717, 1.165) is 17.0 Å². The molecule has 0 radical (unpaired) electrons. The van der Waals surface area contributed by atoms with Gasteiger partial charge in [0.25, 0.3) is 0 Å². The molecular weight excluding hydrogens is 426 g/mol. The maximum Gasteiger partial charge on any atom is 0.407 e. The molecule has 0 bridgehead atoms. The largest absolute Gasteiger partial charge is 0.407 e. The number of anilines is 1. The van der Waals surface area contributed by atoms with Crippen molar-refractivity contribution < 1.29 is 26.3 Å². The van der Waals surface area contributed by atoms with Gasteiger partial charge in [-0.2, -0.15) is 26.3 Å². The lowest BCUT2D eigenvalue weighted by Crippen LogP contribution is -2.34. The van der Waals surface area contributed by atoms with Crippen molar-refractivity contribution in [3.05, 3.63) is 69.5 Å². The quantitative estimate of drug-likeness (QED) is 0.387. The summed E-state index contributed by atoms with van der Waals surface area (Å²) < 4.78 is 78.8. The van der Waals surface area contributed by atoms with Crippen LogP contribution in [0.25, 0.3) is 4.85 Å². The van der Waals surface area contributed by atoms with Gasteiger partial charge in [0.15, 0.2) is 5.69 Å². The molecule has 0 spiro atoms. The van der Waals surface area contributed by atoms with E-state index in [2.05, 4.69) is 20.8 Å². The van der Waals surface area contributed by atoms with E-state index < -0.39 is 30.1 Å². The molecule has 0 aromatic heterocycles. The van der Waals surface area contributed by atoms with Crippen LogP contribution in [0.4, 0.5) is 37.7 Å². The van der Waals surface area contributed by atoms with Crippen LogP contribution in [0.2, 0.25) is 0 Å². The summed E-state index contributed by atoms with van der Waals surface area (Å²) >= 11 is 3.20. The molecule has 0 aliphatic heterocycles. The van der Waals surface area contributed by atoms with Crippen LogP contribution in [0.1, 0.15) is 11.1 Å². The van der Waals surface area contributed by atoms with E-state index >= 15 is 0 Å². The van der Waals surface area contributed by atoms with Gasteiger partial charge in [0.2, 0.25) is 0 Å². The average molecular weight is 437 g/mol. The highest BCUT2D eigenvalue weighted by atomic mass is 79.9. The summed E-state index contributed by atoms with van der Waals surface area (Å²) in [5, 5.41) is 0. The molecule has 0 amide bonds. The Balaban J connectivity index is 2.47. The van der Waals surface area contributed by atoms with Crippen LogP contribution >= 0.6 is 15.9 Å². The van der Waals surface area contributed by atoms with E-state index in [0.29, 0.717) is 16.1 Å². The molecule has 0 heterocycles. The van der Waals surface area contributed by atoms with Gasteiger partial charge in [-0.05, 0) is 29.8 Å². The molecule has 9 heteroatoms. The molecule has 0 aliphatic rings. The van der Waals surface area contributed by atoms with Crippen molar-refractivity contribution in [2.45, 2.75) is 18.9 Å². The van der Waals surface area contributed by atoms with E-state index in [1.165, 1.54) is 0 Å². The van der Waals surface area contributed by atoms with Gasteiger partial charge < -0.3 is 4.90 Å². The fourth-order valence-corrected chi connectivity index (χ4v) is 2.80. The van der Waals surface area contributed by atoms with Crippen molar-refractivity contribution in [1.29, 1.82) is 0 Å². The van der Waals surface area contributed by atoms with Crippen LogP contribution in [-0.2, 0) is 12.7 Å². The number of halogens is 7. The lowest BCUT2D eigenvalue weighted by Gasteiger charge is -2.27. The minimum atomic E-state index is -4.84. The number of alkyl halides is 6. The lowest BCUT2D eigenvalue weighted by molar-refractivity contribution is -0.136. The van der Waals surface area contributed by atoms with E-state index in [-0.39, 0.29) is 12.2 Å². The van der Waals surface area contributed by atoms with Gasteiger partial charge >= 0.3 is 12.4 Å². The van der Waals surface area contributed by atoms with E-state index in [4.69, 9.17) is 6.57 Å². The zero-order valence-corrected chi connectivity index (χ0v) is 14.6. The highest BCUT2D eigenvalue weighted by Gasteiger charge is 2.35. The Morgan fingerprint density at radius 2 is 1.69 bits per heavy atom. The SMILES string of the molecule is [C-]#[N+]c1ccc(N(Cc2cccc(Br)c2)CC(F)(F)F)cc1C(F)(F)F. The van der Waals surface area contributed by atoms with Gasteiger partial charge in [-0.15, -0.1) is 0 Å². The second kappa shape index (κ2) is 7.58. The predicted octanol–water partition coefficient (Wildman–Crippen LogP) is 6.59. The minimum Gasteiger partial charge on any atom is -0.358 e. The maximum atomic E-state index is 13.1. The summed E-state index contributed by atoms with van der Waals surface area (Å²) in [7, 11) is 0. The number of nitrogens with zero attached hydrogens (tertiary/aromatic N) is 2. The maximum absolute atomic E-state index is 13.1. The van der Waals surface area contributed by atoms with Crippen LogP contribution in [-0.4, -0.2) is 12.7 Å². The molecule has 0 saturated heterocycles. The number of hydrogen-bond donors (Lipinski definition) is 0. The Morgan fingerprint density at radius 3 is 2.23 bits per heavy atom. The van der Waals surface area contributed by atoms with Crippen LogP contribution in [0.15, 0.2) is 46.9 Å². The van der Waals surface area contributed by atoms with Gasteiger partial charge in [-0.25, -0.2) is 4.85 Å². The standard InChI is InChI=1S/C17H11BrF6N2/c1-25-15-6-5-13(8-14(15)17(22,23)24)26(10-16(19,20)21)9-11-3-2-4-12(18)7-11/h2-8H,9-10H2. The Bertz CT molecular complexity index is 823. The van der Waals surface area contributed by atoms with Gasteiger partial charge in [-0.1, -0.05) is 34.1 Å². The van der Waals surface area contributed by atoms with Crippen LogP contribution in [0.3, 0.4) is 0 Å². The second-order valence-corrected chi connectivity index (χ2v) is 6.33. The highest BCUT2D eigenvalue weighted by Crippen LogP contribution is 2.39. The topological polar surface area (TPSA) is 7.60 Å². The minimum absolute atomic E-state index is 0.242. The van der Waals surface area contributed by atoms with Gasteiger partial charge in [0.1, 0.15) is 6.54 Å². The Kier molecular flexibility index (Phi) is 5.86. The van der Waals surface area contributed by atoms with E-state index in [1.807, 2.05) is 0 Å². The molecule has 0 aliphatic carbocycles. The Hall–Kier alpha value is -2.21. The first-order chi connectivity index (χ1) is 12.0. The van der Waals surface area contributed by atoms with Crippen molar-refractivity contribution >= 4 is 27.3 Å². The number of hydrogen-bond acceptors (Lipinski definition) is 1. The summed E-state index contributed by atoms with van der Waals surface area (Å²) in [6.45, 7) is 5.15. The molecule has 0 fully saturated rings. The zero-order valence-electron chi connectivity index (χ0n) is 13.0. The van der Waals surface area contributed by atoms with E-state index in [9.17, 15) is 26.3 Å². The summed E-state index contributed by atoms with van der Waals surface area (Å²) in [6.07, 6.45) is -9.45. The summed E-state index contributed by atoms with van der Waals surface area (Å²) in [4.78, 5) is 3.59. The second-order valence-electron chi connectivity index (χ2n) is 5.41. The molecule has 2 aromatic carbocycles. The summed E-state index contributed by atoms with van der Waals surface area (Å²) in [6, 6.07) is 9.02. The third-order valence-corrected chi connectivity index (χ3v) is 3.90. The average Bonchev–Trinajstić information content (AvgIpc) is 2.51. The summed E-state index contributed by atoms with van der Waals surface area (Å²) in [5.41, 5.74) is -1.68. The van der Waals surface area contributed by atoms with Gasteiger partial charge in [0, 0.05) is 16.7 Å². The zero-order chi connectivity index (χ0) is 19.5. The smallest absolute Gasteiger partial charge is 0.358 e. The molecule has 0 unspecified atom stereocenters. The van der Waals surface area contributed by atoms with Crippen LogP contribution in [0.5, 0.6) is 0 Å². The fourth-order valence-electron chi connectivity index (χ4n) is 2.36. The monoisotopic (exact) mass is 436 g/mol. The van der Waals surface area contributed by atoms with Crippen molar-refractivity contribution in [2.75, 3.05) is 11.4 Å². The first-order valence-corrected chi connectivity index (χ1v) is 7.94.